The third kappa shape index (κ3) is 8.66. The molecule has 1 aliphatic rings. The molecule has 0 radical (unpaired) electrons. The van der Waals surface area contributed by atoms with Gasteiger partial charge in [0.25, 0.3) is 0 Å². The summed E-state index contributed by atoms with van der Waals surface area (Å²) in [6.45, 7) is 1.90. The Labute approximate surface area is 151 Å². The summed E-state index contributed by atoms with van der Waals surface area (Å²) < 4.78 is 0. The van der Waals surface area contributed by atoms with Gasteiger partial charge in [0.1, 0.15) is 0 Å². The van der Waals surface area contributed by atoms with Gasteiger partial charge in [-0.1, -0.05) is 44.1 Å². The van der Waals surface area contributed by atoms with Crippen LogP contribution in [0.15, 0.2) is 24.3 Å². The van der Waals surface area contributed by atoms with Gasteiger partial charge in [0.05, 0.1) is 18.3 Å². The van der Waals surface area contributed by atoms with Gasteiger partial charge in [-0.2, -0.15) is 0 Å². The number of carbonyl (C=O) groups is 1. The molecule has 0 bridgehead atoms. The second-order valence-electron chi connectivity index (χ2n) is 7.03. The van der Waals surface area contributed by atoms with E-state index < -0.39 is 24.3 Å². The van der Waals surface area contributed by atoms with Crippen molar-refractivity contribution in [1.82, 2.24) is 0 Å². The summed E-state index contributed by atoms with van der Waals surface area (Å²) in [5.74, 6) is -0.855. The van der Waals surface area contributed by atoms with Gasteiger partial charge in [-0.3, -0.25) is 4.79 Å². The molecule has 5 atom stereocenters. The van der Waals surface area contributed by atoms with Crippen LogP contribution in [0.5, 0.6) is 0 Å². The van der Waals surface area contributed by atoms with Crippen LogP contribution in [0.2, 0.25) is 0 Å². The molecule has 0 amide bonds. The van der Waals surface area contributed by atoms with Crippen molar-refractivity contribution in [1.29, 1.82) is 0 Å². The minimum atomic E-state index is -0.729. The molecule has 5 unspecified atom stereocenters. The van der Waals surface area contributed by atoms with Crippen LogP contribution in [-0.2, 0) is 4.79 Å². The third-order valence-electron chi connectivity index (χ3n) is 4.98. The summed E-state index contributed by atoms with van der Waals surface area (Å²) in [6.07, 6.45) is 12.9. The molecule has 0 spiro atoms. The zero-order valence-corrected chi connectivity index (χ0v) is 15.3. The van der Waals surface area contributed by atoms with Crippen molar-refractivity contribution in [2.45, 2.75) is 83.0 Å². The summed E-state index contributed by atoms with van der Waals surface area (Å²) in [6, 6.07) is 0. The number of rotatable bonds is 12. The number of carboxylic acids is 1. The topological polar surface area (TPSA) is 98.0 Å². The molecule has 0 aromatic rings. The highest BCUT2D eigenvalue weighted by atomic mass is 16.4. The molecule has 1 saturated carbocycles. The van der Waals surface area contributed by atoms with E-state index in [0.29, 0.717) is 19.3 Å². The highest BCUT2D eigenvalue weighted by molar-refractivity contribution is 5.66. The first-order valence-electron chi connectivity index (χ1n) is 9.55. The lowest BCUT2D eigenvalue weighted by atomic mass is 9.89. The molecule has 1 rings (SSSR count). The summed E-state index contributed by atoms with van der Waals surface area (Å²) in [4.78, 5) is 10.4. The van der Waals surface area contributed by atoms with Crippen molar-refractivity contribution < 1.29 is 25.2 Å². The Balaban J connectivity index is 2.30. The van der Waals surface area contributed by atoms with Gasteiger partial charge in [-0.15, -0.1) is 0 Å². The molecular formula is C20H34O5. The van der Waals surface area contributed by atoms with Crippen LogP contribution in [-0.4, -0.2) is 44.7 Å². The molecule has 25 heavy (non-hydrogen) atoms. The van der Waals surface area contributed by atoms with Crippen LogP contribution in [0.4, 0.5) is 0 Å². The van der Waals surface area contributed by atoms with E-state index >= 15 is 0 Å². The van der Waals surface area contributed by atoms with E-state index in [4.69, 9.17) is 5.11 Å². The highest BCUT2D eigenvalue weighted by Crippen LogP contribution is 2.36. The predicted molar refractivity (Wildman–Crippen MR) is 98.1 cm³/mol. The van der Waals surface area contributed by atoms with Crippen LogP contribution >= 0.6 is 0 Å². The van der Waals surface area contributed by atoms with E-state index in [1.54, 1.807) is 6.08 Å². The Hall–Kier alpha value is -1.17. The number of hydrogen-bond acceptors (Lipinski definition) is 4. The fourth-order valence-electron chi connectivity index (χ4n) is 3.36. The molecule has 144 valence electrons. The van der Waals surface area contributed by atoms with E-state index in [0.717, 1.165) is 32.1 Å². The summed E-state index contributed by atoms with van der Waals surface area (Å²) in [5, 5.41) is 38.5. The molecule has 5 nitrogen and oxygen atoms in total. The maximum absolute atomic E-state index is 10.4. The van der Waals surface area contributed by atoms with Crippen molar-refractivity contribution in [3.05, 3.63) is 24.3 Å². The molecule has 0 aromatic heterocycles. The van der Waals surface area contributed by atoms with Crippen LogP contribution in [0.3, 0.4) is 0 Å². The summed E-state index contributed by atoms with van der Waals surface area (Å²) in [5.41, 5.74) is 0. The van der Waals surface area contributed by atoms with Crippen molar-refractivity contribution in [2.24, 2.45) is 11.8 Å². The Bertz CT molecular complexity index is 432. The van der Waals surface area contributed by atoms with E-state index in [2.05, 4.69) is 12.2 Å². The lowest BCUT2D eigenvalue weighted by molar-refractivity contribution is -0.137. The fraction of sp³-hybridized carbons (Fsp3) is 0.750. The number of unbranched alkanes of at least 4 members (excludes halogenated alkanes) is 4. The SMILES string of the molecule is CCC(O)C=CC1C(O)CC(O)C1CC=CCCCCCCC(=O)O. The van der Waals surface area contributed by atoms with Gasteiger partial charge in [-0.25, -0.2) is 0 Å². The molecule has 5 heteroatoms. The van der Waals surface area contributed by atoms with E-state index in [1.807, 2.05) is 13.0 Å². The molecule has 4 N–H and O–H groups in total. The van der Waals surface area contributed by atoms with Crippen molar-refractivity contribution in [3.63, 3.8) is 0 Å². The number of aliphatic hydroxyl groups is 3. The minimum absolute atomic E-state index is 0.0119. The lowest BCUT2D eigenvalue weighted by Crippen LogP contribution is -2.20. The van der Waals surface area contributed by atoms with Crippen molar-refractivity contribution in [3.8, 4) is 0 Å². The lowest BCUT2D eigenvalue weighted by Gasteiger charge is -2.19. The molecule has 1 aliphatic carbocycles. The van der Waals surface area contributed by atoms with Crippen molar-refractivity contribution >= 4 is 5.97 Å². The normalized spacial score (nSPS) is 28.2. The van der Waals surface area contributed by atoms with Crippen molar-refractivity contribution in [2.75, 3.05) is 0 Å². The first-order valence-corrected chi connectivity index (χ1v) is 9.55. The van der Waals surface area contributed by atoms with Crippen LogP contribution in [0.25, 0.3) is 0 Å². The molecule has 0 aliphatic heterocycles. The second kappa shape index (κ2) is 12.2. The van der Waals surface area contributed by atoms with E-state index in [-0.39, 0.29) is 18.3 Å². The molecule has 1 fully saturated rings. The zero-order chi connectivity index (χ0) is 18.7. The number of aliphatic carboxylic acids is 1. The highest BCUT2D eigenvalue weighted by Gasteiger charge is 2.39. The fourth-order valence-corrected chi connectivity index (χ4v) is 3.36. The monoisotopic (exact) mass is 354 g/mol. The number of aliphatic hydroxyl groups excluding tert-OH is 3. The number of carboxylic acid groups (broad SMARTS) is 1. The summed E-state index contributed by atoms with van der Waals surface area (Å²) >= 11 is 0. The smallest absolute Gasteiger partial charge is 0.303 e. The largest absolute Gasteiger partial charge is 0.481 e. The Morgan fingerprint density at radius 2 is 1.84 bits per heavy atom. The van der Waals surface area contributed by atoms with Gasteiger partial charge < -0.3 is 20.4 Å². The number of hydrogen-bond donors (Lipinski definition) is 4. The average Bonchev–Trinajstić information content (AvgIpc) is 2.84. The molecular weight excluding hydrogens is 320 g/mol. The Kier molecular flexibility index (Phi) is 10.7. The first kappa shape index (κ1) is 21.9. The number of allylic oxidation sites excluding steroid dienone is 2. The van der Waals surface area contributed by atoms with Crippen LogP contribution in [0, 0.1) is 11.8 Å². The Morgan fingerprint density at radius 1 is 1.12 bits per heavy atom. The van der Waals surface area contributed by atoms with Gasteiger partial charge in [0.15, 0.2) is 0 Å². The standard InChI is InChI=1S/C20H34O5/c1-2-15(21)12-13-17-16(18(22)14-19(17)23)10-8-6-4-3-5-7-9-11-20(24)25/h6,8,12-13,15-19,21-23H,2-5,7,9-11,14H2,1H3,(H,24,25). The second-order valence-corrected chi connectivity index (χ2v) is 7.03. The van der Waals surface area contributed by atoms with Gasteiger partial charge >= 0.3 is 5.97 Å². The van der Waals surface area contributed by atoms with Gasteiger partial charge in [-0.05, 0) is 38.0 Å². The van der Waals surface area contributed by atoms with Crippen LogP contribution < -0.4 is 0 Å². The summed E-state index contributed by atoms with van der Waals surface area (Å²) in [7, 11) is 0. The minimum Gasteiger partial charge on any atom is -0.481 e. The first-order chi connectivity index (χ1) is 12.0. The molecule has 0 heterocycles. The quantitative estimate of drug-likeness (QED) is 0.319. The van der Waals surface area contributed by atoms with Gasteiger partial charge in [0, 0.05) is 18.8 Å². The average molecular weight is 354 g/mol. The Morgan fingerprint density at radius 3 is 2.52 bits per heavy atom. The molecule has 0 saturated heterocycles. The maximum atomic E-state index is 10.4. The van der Waals surface area contributed by atoms with E-state index in [1.165, 1.54) is 0 Å². The maximum Gasteiger partial charge on any atom is 0.303 e. The van der Waals surface area contributed by atoms with E-state index in [9.17, 15) is 20.1 Å². The predicted octanol–water partition coefficient (Wildman–Crippen LogP) is 3.04. The van der Waals surface area contributed by atoms with Gasteiger partial charge in [0.2, 0.25) is 0 Å². The van der Waals surface area contributed by atoms with Crippen LogP contribution in [0.1, 0.15) is 64.7 Å². The third-order valence-corrected chi connectivity index (χ3v) is 4.98. The molecule has 0 aromatic carbocycles. The zero-order valence-electron chi connectivity index (χ0n) is 15.3.